The molecule has 0 aliphatic carbocycles. The second-order valence-electron chi connectivity index (χ2n) is 8.99. The summed E-state index contributed by atoms with van der Waals surface area (Å²) in [6, 6.07) is 23.8. The molecule has 1 aliphatic rings. The molecule has 6 heteroatoms. The summed E-state index contributed by atoms with van der Waals surface area (Å²) in [6.07, 6.45) is 4.51. The maximum Gasteiger partial charge on any atom is 0.263 e. The lowest BCUT2D eigenvalue weighted by molar-refractivity contribution is 0.0948. The summed E-state index contributed by atoms with van der Waals surface area (Å²) in [6.45, 7) is 4.53. The summed E-state index contributed by atoms with van der Waals surface area (Å²) in [5.74, 6) is 0.544. The van der Waals surface area contributed by atoms with Crippen LogP contribution in [0.15, 0.2) is 90.0 Å². The minimum atomic E-state index is -0.384. The van der Waals surface area contributed by atoms with Gasteiger partial charge in [0.2, 0.25) is 0 Å². The third-order valence-corrected chi connectivity index (χ3v) is 6.42. The molecule has 6 nitrogen and oxygen atoms in total. The largest absolute Gasteiger partial charge is 0.352 e. The molecule has 0 bridgehead atoms. The maximum atomic E-state index is 12.9. The van der Waals surface area contributed by atoms with Gasteiger partial charge in [-0.05, 0) is 53.8 Å². The third kappa shape index (κ3) is 5.17. The molecule has 0 fully saturated rings. The number of hydrogen-bond donors (Lipinski definition) is 1. The zero-order valence-electron chi connectivity index (χ0n) is 19.8. The zero-order chi connectivity index (χ0) is 24.2. The second-order valence-corrected chi connectivity index (χ2v) is 8.99. The van der Waals surface area contributed by atoms with Gasteiger partial charge in [0.15, 0.2) is 0 Å². The van der Waals surface area contributed by atoms with E-state index in [0.717, 1.165) is 42.0 Å². The van der Waals surface area contributed by atoms with Crippen molar-refractivity contribution in [3.8, 4) is 0 Å². The molecular weight excluding hydrogens is 436 g/mol. The highest BCUT2D eigenvalue weighted by atomic mass is 16.2. The van der Waals surface area contributed by atoms with Crippen LogP contribution in [0.5, 0.6) is 0 Å². The maximum absolute atomic E-state index is 12.9. The van der Waals surface area contributed by atoms with Crippen LogP contribution in [0.1, 0.15) is 38.2 Å². The smallest absolute Gasteiger partial charge is 0.263 e. The van der Waals surface area contributed by atoms with Gasteiger partial charge in [0.25, 0.3) is 11.5 Å². The Morgan fingerprint density at radius 1 is 0.971 bits per heavy atom. The summed E-state index contributed by atoms with van der Waals surface area (Å²) in [4.78, 5) is 32.6. The van der Waals surface area contributed by atoms with E-state index in [1.807, 2.05) is 43.3 Å². The molecule has 0 spiro atoms. The van der Waals surface area contributed by atoms with Gasteiger partial charge in [-0.2, -0.15) is 0 Å². The number of rotatable bonds is 6. The van der Waals surface area contributed by atoms with Crippen LogP contribution in [-0.2, 0) is 26.1 Å². The normalized spacial score (nSPS) is 12.8. The van der Waals surface area contributed by atoms with Gasteiger partial charge >= 0.3 is 0 Å². The molecule has 0 saturated heterocycles. The van der Waals surface area contributed by atoms with Crippen LogP contribution in [0, 0.1) is 6.92 Å². The van der Waals surface area contributed by atoms with Crippen LogP contribution in [0.2, 0.25) is 0 Å². The van der Waals surface area contributed by atoms with Gasteiger partial charge < -0.3 is 14.8 Å². The van der Waals surface area contributed by atoms with Crippen molar-refractivity contribution in [3.05, 3.63) is 129 Å². The summed E-state index contributed by atoms with van der Waals surface area (Å²) in [5.41, 5.74) is 5.62. The number of anilines is 1. The topological polar surface area (TPSA) is 67.2 Å². The second kappa shape index (κ2) is 9.97. The van der Waals surface area contributed by atoms with E-state index in [2.05, 4.69) is 39.5 Å². The first-order valence-corrected chi connectivity index (χ1v) is 11.9. The highest BCUT2D eigenvalue weighted by molar-refractivity contribution is 5.93. The Morgan fingerprint density at radius 2 is 1.83 bits per heavy atom. The molecule has 1 amide bonds. The standard InChI is InChI=1S/C29H28N4O2/c1-21-6-4-7-22(16-21)19-33-14-5-10-26(29(33)35)28(34)31-18-23-11-12-27(30-17-23)32-15-13-24-8-2-3-9-25(24)20-32/h2-12,14,16-17H,13,15,18-20H2,1H3,(H,31,34). The monoisotopic (exact) mass is 464 g/mol. The first kappa shape index (κ1) is 22.6. The van der Waals surface area contributed by atoms with Crippen molar-refractivity contribution < 1.29 is 4.79 Å². The Kier molecular flexibility index (Phi) is 6.44. The molecule has 4 aromatic rings. The minimum Gasteiger partial charge on any atom is -0.352 e. The van der Waals surface area contributed by atoms with E-state index >= 15 is 0 Å². The molecule has 1 N–H and O–H groups in total. The number of amides is 1. The summed E-state index contributed by atoms with van der Waals surface area (Å²) < 4.78 is 1.57. The number of nitrogens with one attached hydrogen (secondary N) is 1. The van der Waals surface area contributed by atoms with Gasteiger partial charge in [-0.3, -0.25) is 9.59 Å². The van der Waals surface area contributed by atoms with Crippen molar-refractivity contribution in [1.82, 2.24) is 14.9 Å². The summed E-state index contributed by atoms with van der Waals surface area (Å²) in [5, 5.41) is 2.86. The van der Waals surface area contributed by atoms with Gasteiger partial charge in [-0.15, -0.1) is 0 Å². The Hall–Kier alpha value is -4.19. The number of carbonyl (C=O) groups excluding carboxylic acids is 1. The van der Waals surface area contributed by atoms with Crippen molar-refractivity contribution >= 4 is 11.7 Å². The number of aromatic nitrogens is 2. The molecule has 1 aliphatic heterocycles. The van der Waals surface area contributed by atoms with Gasteiger partial charge in [-0.25, -0.2) is 4.98 Å². The number of benzene rings is 2. The van der Waals surface area contributed by atoms with Crippen LogP contribution in [0.3, 0.4) is 0 Å². The lowest BCUT2D eigenvalue weighted by Gasteiger charge is -2.29. The Labute approximate surface area is 204 Å². The molecule has 3 heterocycles. The number of nitrogens with zero attached hydrogens (tertiary/aromatic N) is 3. The van der Waals surface area contributed by atoms with Crippen molar-refractivity contribution in [2.45, 2.75) is 33.0 Å². The van der Waals surface area contributed by atoms with Crippen molar-refractivity contribution in [3.63, 3.8) is 0 Å². The fourth-order valence-electron chi connectivity index (χ4n) is 4.52. The van der Waals surface area contributed by atoms with Gasteiger partial charge in [0.1, 0.15) is 11.4 Å². The predicted molar refractivity (Wildman–Crippen MR) is 138 cm³/mol. The molecule has 0 unspecified atom stereocenters. The molecule has 2 aromatic heterocycles. The fraction of sp³-hybridized carbons (Fsp3) is 0.207. The Bertz CT molecular complexity index is 1410. The number of carbonyl (C=O) groups is 1. The summed E-state index contributed by atoms with van der Waals surface area (Å²) in [7, 11) is 0. The highest BCUT2D eigenvalue weighted by Gasteiger charge is 2.17. The van der Waals surface area contributed by atoms with Gasteiger partial charge in [0, 0.05) is 32.0 Å². The van der Waals surface area contributed by atoms with Crippen molar-refractivity contribution in [2.24, 2.45) is 0 Å². The van der Waals surface area contributed by atoms with E-state index in [4.69, 9.17) is 0 Å². The number of fused-ring (bicyclic) bond motifs is 1. The molecule has 35 heavy (non-hydrogen) atoms. The van der Waals surface area contributed by atoms with Crippen LogP contribution >= 0.6 is 0 Å². The molecule has 5 rings (SSSR count). The van der Waals surface area contributed by atoms with Crippen LogP contribution in [-0.4, -0.2) is 22.0 Å². The van der Waals surface area contributed by atoms with Crippen LogP contribution < -0.4 is 15.8 Å². The van der Waals surface area contributed by atoms with Gasteiger partial charge in [-0.1, -0.05) is 60.2 Å². The van der Waals surface area contributed by atoms with E-state index in [1.165, 1.54) is 11.1 Å². The molecule has 0 atom stereocenters. The predicted octanol–water partition coefficient (Wildman–Crippen LogP) is 4.09. The average Bonchev–Trinajstić information content (AvgIpc) is 2.88. The fourth-order valence-corrected chi connectivity index (χ4v) is 4.52. The quantitative estimate of drug-likeness (QED) is 0.467. The van der Waals surface area contributed by atoms with Crippen molar-refractivity contribution in [1.29, 1.82) is 0 Å². The number of hydrogen-bond acceptors (Lipinski definition) is 4. The van der Waals surface area contributed by atoms with E-state index in [0.29, 0.717) is 13.1 Å². The van der Waals surface area contributed by atoms with E-state index in [-0.39, 0.29) is 17.0 Å². The molecule has 176 valence electrons. The number of pyridine rings is 2. The lowest BCUT2D eigenvalue weighted by Crippen LogP contribution is -2.33. The first-order chi connectivity index (χ1) is 17.1. The van der Waals surface area contributed by atoms with Gasteiger partial charge in [0.05, 0.1) is 6.54 Å². The van der Waals surface area contributed by atoms with Crippen molar-refractivity contribution in [2.75, 3.05) is 11.4 Å². The third-order valence-electron chi connectivity index (χ3n) is 6.42. The molecule has 0 radical (unpaired) electrons. The van der Waals surface area contributed by atoms with Crippen LogP contribution in [0.4, 0.5) is 5.82 Å². The molecule has 2 aromatic carbocycles. The van der Waals surface area contributed by atoms with E-state index in [1.54, 1.807) is 29.1 Å². The summed E-state index contributed by atoms with van der Waals surface area (Å²) >= 11 is 0. The zero-order valence-corrected chi connectivity index (χ0v) is 19.8. The SMILES string of the molecule is Cc1cccc(Cn2cccc(C(=O)NCc3ccc(N4CCc5ccccc5C4)nc3)c2=O)c1. The minimum absolute atomic E-state index is 0.136. The molecular formula is C29H28N4O2. The van der Waals surface area contributed by atoms with E-state index < -0.39 is 0 Å². The first-order valence-electron chi connectivity index (χ1n) is 11.9. The lowest BCUT2D eigenvalue weighted by atomic mass is 10.00. The number of aryl methyl sites for hydroxylation is 1. The van der Waals surface area contributed by atoms with E-state index in [9.17, 15) is 9.59 Å². The van der Waals surface area contributed by atoms with Crippen LogP contribution in [0.25, 0.3) is 0 Å². The molecule has 0 saturated carbocycles. The Morgan fingerprint density at radius 3 is 2.63 bits per heavy atom. The highest BCUT2D eigenvalue weighted by Crippen LogP contribution is 2.23. The average molecular weight is 465 g/mol. The Balaban J connectivity index is 1.22.